The maximum Gasteiger partial charge on any atom is 0.410 e. The molecule has 2 rings (SSSR count). The fraction of sp³-hybridized carbons (Fsp3) is 0.562. The molecule has 1 aliphatic rings. The highest BCUT2D eigenvalue weighted by Gasteiger charge is 2.31. The second kappa shape index (κ2) is 6.95. The number of nitrogens with zero attached hydrogens (tertiary/aromatic N) is 2. The molecule has 0 aromatic carbocycles. The van der Waals surface area contributed by atoms with Gasteiger partial charge in [-0.15, -0.1) is 0 Å². The van der Waals surface area contributed by atoms with E-state index in [0.29, 0.717) is 19.6 Å². The van der Waals surface area contributed by atoms with Crippen LogP contribution in [0.25, 0.3) is 0 Å². The van der Waals surface area contributed by atoms with Gasteiger partial charge in [0.15, 0.2) is 0 Å². The van der Waals surface area contributed by atoms with Crippen LogP contribution in [0, 0.1) is 0 Å². The second-order valence-corrected chi connectivity index (χ2v) is 6.36. The zero-order valence-electron chi connectivity index (χ0n) is 14.0. The maximum atomic E-state index is 12.4. The molecule has 0 radical (unpaired) electrons. The molecule has 1 fully saturated rings. The molecule has 2 heterocycles. The smallest absolute Gasteiger partial charge is 0.410 e. The number of rotatable bonds is 2. The van der Waals surface area contributed by atoms with Crippen LogP contribution >= 0.6 is 0 Å². The molecular formula is C16H23N3O4. The number of ether oxygens (including phenoxy) is 2. The second-order valence-electron chi connectivity index (χ2n) is 6.36. The Morgan fingerprint density at radius 2 is 2.09 bits per heavy atom. The van der Waals surface area contributed by atoms with Gasteiger partial charge in [-0.25, -0.2) is 14.6 Å². The Bertz CT molecular complexity index is 566. The number of hydrogen-bond donors (Lipinski definition) is 1. The van der Waals surface area contributed by atoms with E-state index >= 15 is 0 Å². The third kappa shape index (κ3) is 4.41. The van der Waals surface area contributed by atoms with E-state index in [-0.39, 0.29) is 17.8 Å². The van der Waals surface area contributed by atoms with Crippen LogP contribution in [0.3, 0.4) is 0 Å². The third-order valence-corrected chi connectivity index (χ3v) is 3.44. The molecule has 1 saturated heterocycles. The predicted octanol–water partition coefficient (Wildman–Crippen LogP) is 1.75. The molecule has 1 aromatic rings. The number of amides is 1. The van der Waals surface area contributed by atoms with Gasteiger partial charge in [0.05, 0.1) is 13.2 Å². The lowest BCUT2D eigenvalue weighted by atomic mass is 10.1. The SMILES string of the molecule is COC(=O)c1ccc(C2CNCCN2C(=O)OC(C)(C)C)cn1. The fourth-order valence-corrected chi connectivity index (χ4v) is 2.37. The minimum Gasteiger partial charge on any atom is -0.464 e. The van der Waals surface area contributed by atoms with Crippen molar-refractivity contribution in [3.63, 3.8) is 0 Å². The molecule has 1 aliphatic heterocycles. The van der Waals surface area contributed by atoms with Crippen molar-refractivity contribution in [1.29, 1.82) is 0 Å². The molecule has 1 amide bonds. The van der Waals surface area contributed by atoms with Crippen molar-refractivity contribution in [3.8, 4) is 0 Å². The Balaban J connectivity index is 2.17. The van der Waals surface area contributed by atoms with Gasteiger partial charge in [0.25, 0.3) is 0 Å². The summed E-state index contributed by atoms with van der Waals surface area (Å²) in [4.78, 5) is 29.7. The number of esters is 1. The number of methoxy groups -OCH3 is 1. The van der Waals surface area contributed by atoms with E-state index in [1.807, 2.05) is 20.8 Å². The first-order valence-corrected chi connectivity index (χ1v) is 7.56. The Labute approximate surface area is 136 Å². The third-order valence-electron chi connectivity index (χ3n) is 3.44. The van der Waals surface area contributed by atoms with Crippen LogP contribution in [0.2, 0.25) is 0 Å². The van der Waals surface area contributed by atoms with Gasteiger partial charge in [-0.3, -0.25) is 4.90 Å². The van der Waals surface area contributed by atoms with Gasteiger partial charge in [-0.05, 0) is 32.4 Å². The summed E-state index contributed by atoms with van der Waals surface area (Å²) in [5, 5.41) is 3.26. The standard InChI is InChI=1S/C16H23N3O4/c1-16(2,3)23-15(21)19-8-7-17-10-13(19)11-5-6-12(18-9-11)14(20)22-4/h5-6,9,13,17H,7-8,10H2,1-4H3. The average Bonchev–Trinajstić information content (AvgIpc) is 2.52. The van der Waals surface area contributed by atoms with Gasteiger partial charge >= 0.3 is 12.1 Å². The molecule has 1 unspecified atom stereocenters. The summed E-state index contributed by atoms with van der Waals surface area (Å²) in [6.07, 6.45) is 1.25. The van der Waals surface area contributed by atoms with Crippen molar-refractivity contribution in [2.45, 2.75) is 32.4 Å². The van der Waals surface area contributed by atoms with E-state index in [0.717, 1.165) is 5.56 Å². The first-order chi connectivity index (χ1) is 10.8. The molecule has 0 spiro atoms. The normalized spacial score (nSPS) is 18.4. The van der Waals surface area contributed by atoms with Crippen LogP contribution in [-0.2, 0) is 9.47 Å². The van der Waals surface area contributed by atoms with Crippen molar-refractivity contribution in [1.82, 2.24) is 15.2 Å². The topological polar surface area (TPSA) is 80.8 Å². The summed E-state index contributed by atoms with van der Waals surface area (Å²) in [6.45, 7) is 7.40. The van der Waals surface area contributed by atoms with Crippen LogP contribution in [0.15, 0.2) is 18.3 Å². The quantitative estimate of drug-likeness (QED) is 0.836. The van der Waals surface area contributed by atoms with E-state index in [9.17, 15) is 9.59 Å². The summed E-state index contributed by atoms with van der Waals surface area (Å²) >= 11 is 0. The van der Waals surface area contributed by atoms with Crippen molar-refractivity contribution < 1.29 is 19.1 Å². The Morgan fingerprint density at radius 1 is 1.35 bits per heavy atom. The molecule has 0 aliphatic carbocycles. The molecule has 0 bridgehead atoms. The molecule has 1 N–H and O–H groups in total. The lowest BCUT2D eigenvalue weighted by Gasteiger charge is -2.37. The van der Waals surface area contributed by atoms with Gasteiger partial charge < -0.3 is 14.8 Å². The van der Waals surface area contributed by atoms with Crippen molar-refractivity contribution >= 4 is 12.1 Å². The molecule has 23 heavy (non-hydrogen) atoms. The predicted molar refractivity (Wildman–Crippen MR) is 84.1 cm³/mol. The average molecular weight is 321 g/mol. The summed E-state index contributed by atoms with van der Waals surface area (Å²) in [5.41, 5.74) is 0.541. The number of pyridine rings is 1. The fourth-order valence-electron chi connectivity index (χ4n) is 2.37. The van der Waals surface area contributed by atoms with Crippen molar-refractivity contribution in [3.05, 3.63) is 29.6 Å². The summed E-state index contributed by atoms with van der Waals surface area (Å²) in [6, 6.07) is 3.20. The maximum absolute atomic E-state index is 12.4. The Hall–Kier alpha value is -2.15. The number of aromatic nitrogens is 1. The minimum atomic E-state index is -0.542. The van der Waals surface area contributed by atoms with Crippen molar-refractivity contribution in [2.24, 2.45) is 0 Å². The van der Waals surface area contributed by atoms with Gasteiger partial charge in [0.1, 0.15) is 11.3 Å². The molecule has 7 heteroatoms. The first kappa shape index (κ1) is 17.2. The minimum absolute atomic E-state index is 0.183. The molecule has 1 aromatic heterocycles. The molecular weight excluding hydrogens is 298 g/mol. The molecule has 0 saturated carbocycles. The number of hydrogen-bond acceptors (Lipinski definition) is 6. The monoisotopic (exact) mass is 321 g/mol. The highest BCUT2D eigenvalue weighted by Crippen LogP contribution is 2.24. The molecule has 1 atom stereocenters. The van der Waals surface area contributed by atoms with Gasteiger partial charge in [0.2, 0.25) is 0 Å². The van der Waals surface area contributed by atoms with E-state index in [1.54, 1.807) is 23.2 Å². The zero-order chi connectivity index (χ0) is 17.0. The van der Waals surface area contributed by atoms with E-state index in [1.165, 1.54) is 7.11 Å². The van der Waals surface area contributed by atoms with Gasteiger partial charge in [0, 0.05) is 25.8 Å². The summed E-state index contributed by atoms with van der Waals surface area (Å²) in [5.74, 6) is -0.484. The lowest BCUT2D eigenvalue weighted by Crippen LogP contribution is -2.50. The number of carbonyl (C=O) groups is 2. The zero-order valence-corrected chi connectivity index (χ0v) is 14.0. The van der Waals surface area contributed by atoms with Crippen LogP contribution in [0.4, 0.5) is 4.79 Å². The number of piperazine rings is 1. The van der Waals surface area contributed by atoms with Crippen LogP contribution < -0.4 is 5.32 Å². The van der Waals surface area contributed by atoms with Crippen LogP contribution in [0.5, 0.6) is 0 Å². The lowest BCUT2D eigenvalue weighted by molar-refractivity contribution is 0.0117. The van der Waals surface area contributed by atoms with Crippen molar-refractivity contribution in [2.75, 3.05) is 26.7 Å². The first-order valence-electron chi connectivity index (χ1n) is 7.56. The van der Waals surface area contributed by atoms with Gasteiger partial charge in [-0.1, -0.05) is 6.07 Å². The highest BCUT2D eigenvalue weighted by atomic mass is 16.6. The Kier molecular flexibility index (Phi) is 5.20. The van der Waals surface area contributed by atoms with E-state index < -0.39 is 11.6 Å². The van der Waals surface area contributed by atoms with Crippen LogP contribution in [0.1, 0.15) is 42.9 Å². The van der Waals surface area contributed by atoms with Gasteiger partial charge in [-0.2, -0.15) is 0 Å². The summed E-state index contributed by atoms with van der Waals surface area (Å²) in [7, 11) is 1.31. The molecule has 126 valence electrons. The van der Waals surface area contributed by atoms with E-state index in [4.69, 9.17) is 4.74 Å². The number of nitrogens with one attached hydrogen (secondary N) is 1. The molecule has 7 nitrogen and oxygen atoms in total. The van der Waals surface area contributed by atoms with E-state index in [2.05, 4.69) is 15.0 Å². The highest BCUT2D eigenvalue weighted by molar-refractivity contribution is 5.87. The summed E-state index contributed by atoms with van der Waals surface area (Å²) < 4.78 is 10.1. The Morgan fingerprint density at radius 3 is 2.65 bits per heavy atom. The largest absolute Gasteiger partial charge is 0.464 e. The number of carbonyl (C=O) groups excluding carboxylic acids is 2. The van der Waals surface area contributed by atoms with Crippen LogP contribution in [-0.4, -0.2) is 54.3 Å².